The zero-order valence-electron chi connectivity index (χ0n) is 13.2. The molecule has 0 saturated heterocycles. The van der Waals surface area contributed by atoms with Gasteiger partial charge in [-0.3, -0.25) is 9.03 Å². The number of hydrogen-bond acceptors (Lipinski definition) is 6. The van der Waals surface area contributed by atoms with E-state index in [2.05, 4.69) is 14.8 Å². The van der Waals surface area contributed by atoms with Crippen LogP contribution in [0, 0.1) is 0 Å². The third-order valence-corrected chi connectivity index (χ3v) is 6.58. The number of nitrogens with zero attached hydrogens (tertiary/aromatic N) is 1. The molecule has 3 aliphatic heterocycles. The normalized spacial score (nSPS) is 19.5. The fourth-order valence-corrected chi connectivity index (χ4v) is 5.37. The predicted molar refractivity (Wildman–Crippen MR) is 96.9 cm³/mol. The summed E-state index contributed by atoms with van der Waals surface area (Å²) in [5.41, 5.74) is 4.28. The lowest BCUT2D eigenvalue weighted by atomic mass is 9.99. The highest BCUT2D eigenvalue weighted by atomic mass is 32.2. The largest absolute Gasteiger partial charge is 0.316 e. The van der Waals surface area contributed by atoms with E-state index in [-0.39, 0.29) is 0 Å². The van der Waals surface area contributed by atoms with Crippen LogP contribution in [-0.2, 0) is 23.0 Å². The fraction of sp³-hybridized carbons (Fsp3) is 0.250. The van der Waals surface area contributed by atoms with E-state index in [4.69, 9.17) is 0 Å². The molecule has 126 valence electrons. The van der Waals surface area contributed by atoms with Crippen LogP contribution in [-0.4, -0.2) is 19.3 Å². The molecule has 0 unspecified atom stereocenters. The quantitative estimate of drug-likeness (QED) is 0.716. The Balaban J connectivity index is 1.73. The summed E-state index contributed by atoms with van der Waals surface area (Å²) in [6.07, 6.45) is 6.21. The maximum atomic E-state index is 13.1. The van der Waals surface area contributed by atoms with Crippen molar-refractivity contribution in [3.8, 4) is 0 Å². The van der Waals surface area contributed by atoms with Crippen molar-refractivity contribution in [2.75, 3.05) is 11.3 Å². The van der Waals surface area contributed by atoms with Crippen LogP contribution in [0.1, 0.15) is 18.1 Å². The van der Waals surface area contributed by atoms with Gasteiger partial charge in [-0.25, -0.2) is 8.42 Å². The molecule has 6 nitrogen and oxygen atoms in total. The zero-order valence-corrected chi connectivity index (χ0v) is 14.8. The van der Waals surface area contributed by atoms with E-state index in [1.807, 2.05) is 41.7 Å². The minimum atomic E-state index is -3.68. The molecule has 24 heavy (non-hydrogen) atoms. The Kier molecular flexibility index (Phi) is 3.82. The smallest absolute Gasteiger partial charge is 0.264 e. The van der Waals surface area contributed by atoms with E-state index in [0.717, 1.165) is 36.2 Å². The highest BCUT2D eigenvalue weighted by Crippen LogP contribution is 2.37. The highest BCUT2D eigenvalue weighted by Gasteiger charge is 2.32. The number of anilines is 1. The summed E-state index contributed by atoms with van der Waals surface area (Å²) in [6.45, 7) is 3.45. The second-order valence-corrected chi connectivity index (χ2v) is 8.30. The molecule has 0 amide bonds. The van der Waals surface area contributed by atoms with Gasteiger partial charge in [-0.1, -0.05) is 12.1 Å². The molecule has 0 spiro atoms. The molecule has 0 atom stereocenters. The molecule has 0 aliphatic carbocycles. The first-order valence-corrected chi connectivity index (χ1v) is 9.97. The van der Waals surface area contributed by atoms with Crippen LogP contribution in [0.25, 0.3) is 0 Å². The van der Waals surface area contributed by atoms with Gasteiger partial charge in [0.2, 0.25) is 0 Å². The van der Waals surface area contributed by atoms with Crippen LogP contribution in [0.15, 0.2) is 52.9 Å². The van der Waals surface area contributed by atoms with Crippen molar-refractivity contribution in [3.05, 3.63) is 64.0 Å². The molecule has 3 N–H and O–H groups in total. The summed E-state index contributed by atoms with van der Waals surface area (Å²) in [4.78, 5) is 0.314. The van der Waals surface area contributed by atoms with Gasteiger partial charge in [-0.2, -0.15) is 0 Å². The van der Waals surface area contributed by atoms with Gasteiger partial charge in [-0.15, -0.1) is 0 Å². The van der Waals surface area contributed by atoms with Crippen LogP contribution in [0.2, 0.25) is 0 Å². The summed E-state index contributed by atoms with van der Waals surface area (Å²) in [6, 6.07) is 5.77. The maximum absolute atomic E-state index is 13.1. The summed E-state index contributed by atoms with van der Waals surface area (Å²) in [5.74, 6) is 0. The van der Waals surface area contributed by atoms with Gasteiger partial charge in [0.25, 0.3) is 10.0 Å². The Morgan fingerprint density at radius 1 is 1.33 bits per heavy atom. The number of hydrogen-bond donors (Lipinski definition) is 3. The Morgan fingerprint density at radius 2 is 2.21 bits per heavy atom. The van der Waals surface area contributed by atoms with Crippen LogP contribution in [0.3, 0.4) is 0 Å². The van der Waals surface area contributed by atoms with Gasteiger partial charge in [0.1, 0.15) is 4.91 Å². The SMILES string of the molecule is CC1=C(S(=O)(=O)Nc2cccc3c2CCNC3)C2=CNSN2C=C1. The number of rotatable bonds is 3. The molecule has 1 aromatic carbocycles. The van der Waals surface area contributed by atoms with Crippen molar-refractivity contribution in [2.45, 2.75) is 19.9 Å². The molecule has 8 heteroatoms. The lowest BCUT2D eigenvalue weighted by Crippen LogP contribution is -2.27. The van der Waals surface area contributed by atoms with Crippen LogP contribution in [0.4, 0.5) is 5.69 Å². The van der Waals surface area contributed by atoms with Gasteiger partial charge in [0.15, 0.2) is 0 Å². The van der Waals surface area contributed by atoms with Crippen molar-refractivity contribution in [1.29, 1.82) is 0 Å². The summed E-state index contributed by atoms with van der Waals surface area (Å²) >= 11 is 1.35. The monoisotopic (exact) mass is 362 g/mol. The van der Waals surface area contributed by atoms with Crippen molar-refractivity contribution in [1.82, 2.24) is 14.3 Å². The molecule has 3 aliphatic rings. The summed E-state index contributed by atoms with van der Waals surface area (Å²) in [5, 5.41) is 3.31. The van der Waals surface area contributed by atoms with E-state index in [1.165, 1.54) is 12.1 Å². The zero-order chi connectivity index (χ0) is 16.7. The molecule has 0 aromatic heterocycles. The standard InChI is InChI=1S/C16H18N4O2S2/c1-11-6-8-20-15(10-18-23-20)16(11)24(21,22)19-14-4-2-3-12-9-17-7-5-13(12)14/h2-4,6,8,10,17-19H,5,7,9H2,1H3. The van der Waals surface area contributed by atoms with Crippen LogP contribution >= 0.6 is 12.1 Å². The molecule has 4 rings (SSSR count). The van der Waals surface area contributed by atoms with E-state index < -0.39 is 10.0 Å². The number of fused-ring (bicyclic) bond motifs is 2. The number of sulfonamides is 1. The summed E-state index contributed by atoms with van der Waals surface area (Å²) in [7, 11) is -3.68. The topological polar surface area (TPSA) is 73.5 Å². The van der Waals surface area contributed by atoms with Crippen LogP contribution < -0.4 is 14.8 Å². The molecular weight excluding hydrogens is 344 g/mol. The minimum Gasteiger partial charge on any atom is -0.316 e. The lowest BCUT2D eigenvalue weighted by Gasteiger charge is -2.25. The lowest BCUT2D eigenvalue weighted by molar-refractivity contribution is 0.604. The Bertz CT molecular complexity index is 887. The van der Waals surface area contributed by atoms with E-state index >= 15 is 0 Å². The first kappa shape index (κ1) is 15.6. The second-order valence-electron chi connectivity index (χ2n) is 5.87. The third-order valence-electron chi connectivity index (χ3n) is 4.29. The van der Waals surface area contributed by atoms with E-state index in [1.54, 1.807) is 6.20 Å². The van der Waals surface area contributed by atoms with Crippen LogP contribution in [0.5, 0.6) is 0 Å². The Morgan fingerprint density at radius 3 is 3.08 bits per heavy atom. The van der Waals surface area contributed by atoms with Crippen molar-refractivity contribution >= 4 is 27.8 Å². The Labute approximate surface area is 146 Å². The predicted octanol–water partition coefficient (Wildman–Crippen LogP) is 2.19. The second kappa shape index (κ2) is 5.87. The van der Waals surface area contributed by atoms with Gasteiger partial charge in [0, 0.05) is 18.9 Å². The Hall–Kier alpha value is -1.90. The third kappa shape index (κ3) is 2.60. The average Bonchev–Trinajstić information content (AvgIpc) is 3.02. The van der Waals surface area contributed by atoms with Crippen molar-refractivity contribution in [3.63, 3.8) is 0 Å². The van der Waals surface area contributed by atoms with Crippen molar-refractivity contribution in [2.24, 2.45) is 0 Å². The molecule has 0 saturated carbocycles. The first-order chi connectivity index (χ1) is 11.6. The molecule has 3 heterocycles. The molecule has 1 aromatic rings. The minimum absolute atomic E-state index is 0.314. The molecule has 0 fully saturated rings. The average molecular weight is 362 g/mol. The molecule has 0 radical (unpaired) electrons. The first-order valence-electron chi connectivity index (χ1n) is 7.72. The molecular formula is C16H18N4O2S2. The van der Waals surface area contributed by atoms with Crippen molar-refractivity contribution < 1.29 is 8.42 Å². The highest BCUT2D eigenvalue weighted by molar-refractivity contribution is 7.97. The van der Waals surface area contributed by atoms with Gasteiger partial charge in [-0.05, 0) is 48.7 Å². The number of nitrogens with one attached hydrogen (secondary N) is 3. The van der Waals surface area contributed by atoms with Gasteiger partial charge >= 0.3 is 0 Å². The van der Waals surface area contributed by atoms with E-state index in [9.17, 15) is 8.42 Å². The van der Waals surface area contributed by atoms with Gasteiger partial charge in [0.05, 0.1) is 23.5 Å². The molecule has 0 bridgehead atoms. The van der Waals surface area contributed by atoms with E-state index in [0.29, 0.717) is 16.3 Å². The van der Waals surface area contributed by atoms with Gasteiger partial charge < -0.3 is 10.0 Å². The number of benzene rings is 1. The summed E-state index contributed by atoms with van der Waals surface area (Å²) < 4.78 is 33.8. The number of allylic oxidation sites excluding steroid dienone is 2. The fourth-order valence-electron chi connectivity index (χ4n) is 3.16. The maximum Gasteiger partial charge on any atom is 0.264 e.